The molecule has 2 aliphatic rings. The minimum Gasteiger partial charge on any atom is -0.0996 e. The largest absolute Gasteiger partial charge is 0.0996 e. The molecular weight excluding hydrogens is 144 g/mol. The minimum absolute atomic E-state index is 0.583. The summed E-state index contributed by atoms with van der Waals surface area (Å²) in [6.45, 7) is 12.9. The van der Waals surface area contributed by atoms with Crippen molar-refractivity contribution in [2.75, 3.05) is 0 Å². The van der Waals surface area contributed by atoms with Crippen molar-refractivity contribution in [3.63, 3.8) is 0 Å². The maximum Gasteiger partial charge on any atom is -0.0152 e. The van der Waals surface area contributed by atoms with E-state index in [1.807, 2.05) is 13.8 Å². The second kappa shape index (κ2) is 3.24. The van der Waals surface area contributed by atoms with Crippen molar-refractivity contribution < 1.29 is 0 Å². The Morgan fingerprint density at radius 1 is 1.33 bits per heavy atom. The highest BCUT2D eigenvalue weighted by Gasteiger charge is 2.46. The van der Waals surface area contributed by atoms with E-state index in [1.165, 1.54) is 24.8 Å². The van der Waals surface area contributed by atoms with Gasteiger partial charge in [0.2, 0.25) is 0 Å². The van der Waals surface area contributed by atoms with Crippen LogP contribution in [0.25, 0.3) is 0 Å². The second-order valence-corrected chi connectivity index (χ2v) is 4.71. The zero-order valence-corrected chi connectivity index (χ0v) is 8.98. The van der Waals surface area contributed by atoms with E-state index in [9.17, 15) is 0 Å². The van der Waals surface area contributed by atoms with E-state index in [2.05, 4.69) is 20.4 Å². The molecule has 0 amide bonds. The predicted molar refractivity (Wildman–Crippen MR) is 55.1 cm³/mol. The summed E-state index contributed by atoms with van der Waals surface area (Å²) in [4.78, 5) is 0. The fourth-order valence-corrected chi connectivity index (χ4v) is 3.01. The van der Waals surface area contributed by atoms with Crippen LogP contribution in [-0.2, 0) is 0 Å². The van der Waals surface area contributed by atoms with Gasteiger partial charge in [-0.15, -0.1) is 0 Å². The van der Waals surface area contributed by atoms with E-state index in [1.54, 1.807) is 0 Å². The van der Waals surface area contributed by atoms with Crippen LogP contribution in [0.15, 0.2) is 12.2 Å². The smallest absolute Gasteiger partial charge is 0.0152 e. The fraction of sp³-hybridized carbons (Fsp3) is 0.833. The van der Waals surface area contributed by atoms with Crippen molar-refractivity contribution in [1.82, 2.24) is 0 Å². The lowest BCUT2D eigenvalue weighted by Crippen LogP contribution is -2.20. The molecule has 0 N–H and O–H groups in total. The van der Waals surface area contributed by atoms with Crippen molar-refractivity contribution >= 4 is 0 Å². The highest BCUT2D eigenvalue weighted by atomic mass is 14.5. The Morgan fingerprint density at radius 2 is 1.92 bits per heavy atom. The van der Waals surface area contributed by atoms with Crippen molar-refractivity contribution in [2.45, 2.75) is 47.0 Å². The minimum atomic E-state index is 0.583. The molecule has 70 valence electrons. The number of fused-ring (bicyclic) bond motifs is 2. The van der Waals surface area contributed by atoms with E-state index in [0.717, 1.165) is 11.8 Å². The Bertz CT molecular complexity index is 176. The van der Waals surface area contributed by atoms with Gasteiger partial charge in [0.15, 0.2) is 0 Å². The Hall–Kier alpha value is -0.260. The molecule has 2 saturated carbocycles. The summed E-state index contributed by atoms with van der Waals surface area (Å²) >= 11 is 0. The van der Waals surface area contributed by atoms with Gasteiger partial charge in [-0.1, -0.05) is 39.8 Å². The third-order valence-corrected chi connectivity index (χ3v) is 3.37. The Labute approximate surface area is 77.1 Å². The van der Waals surface area contributed by atoms with Crippen molar-refractivity contribution in [3.8, 4) is 0 Å². The molecule has 0 aromatic carbocycles. The molecule has 2 bridgehead atoms. The lowest BCUT2D eigenvalue weighted by atomic mass is 9.74. The van der Waals surface area contributed by atoms with Crippen molar-refractivity contribution in [3.05, 3.63) is 12.2 Å². The molecule has 2 aliphatic carbocycles. The van der Waals surface area contributed by atoms with Crippen LogP contribution < -0.4 is 0 Å². The van der Waals surface area contributed by atoms with Crippen LogP contribution in [0.5, 0.6) is 0 Å². The number of rotatable bonds is 0. The van der Waals surface area contributed by atoms with Crippen LogP contribution in [0.3, 0.4) is 0 Å². The van der Waals surface area contributed by atoms with Crippen LogP contribution in [0, 0.1) is 17.3 Å². The molecule has 2 fully saturated rings. The van der Waals surface area contributed by atoms with E-state index in [0.29, 0.717) is 5.41 Å². The molecule has 0 aromatic rings. The number of allylic oxidation sites excluding steroid dienone is 1. The fourth-order valence-electron chi connectivity index (χ4n) is 3.01. The second-order valence-electron chi connectivity index (χ2n) is 4.71. The van der Waals surface area contributed by atoms with Gasteiger partial charge >= 0.3 is 0 Å². The summed E-state index contributed by atoms with van der Waals surface area (Å²) in [7, 11) is 0. The molecule has 2 rings (SSSR count). The zero-order chi connectivity index (χ0) is 9.35. The average molecular weight is 166 g/mol. The lowest BCUT2D eigenvalue weighted by Gasteiger charge is -2.30. The average Bonchev–Trinajstić information content (AvgIpc) is 2.46. The van der Waals surface area contributed by atoms with E-state index >= 15 is 0 Å². The summed E-state index contributed by atoms with van der Waals surface area (Å²) in [6, 6.07) is 0. The van der Waals surface area contributed by atoms with Crippen LogP contribution >= 0.6 is 0 Å². The first-order valence-corrected chi connectivity index (χ1v) is 5.27. The van der Waals surface area contributed by atoms with Gasteiger partial charge in [-0.05, 0) is 36.5 Å². The number of hydrogen-bond donors (Lipinski definition) is 0. The van der Waals surface area contributed by atoms with Gasteiger partial charge < -0.3 is 0 Å². The van der Waals surface area contributed by atoms with Gasteiger partial charge in [0, 0.05) is 0 Å². The maximum atomic E-state index is 4.13. The molecule has 0 heterocycles. The molecule has 12 heavy (non-hydrogen) atoms. The first-order valence-electron chi connectivity index (χ1n) is 5.27. The summed E-state index contributed by atoms with van der Waals surface area (Å²) in [6.07, 6.45) is 4.20. The predicted octanol–water partition coefficient (Wildman–Crippen LogP) is 4.02. The quantitative estimate of drug-likeness (QED) is 0.477. The normalized spacial score (nSPS) is 36.2. The summed E-state index contributed by atoms with van der Waals surface area (Å²) in [5.74, 6) is 1.85. The molecule has 0 nitrogen and oxygen atoms in total. The van der Waals surface area contributed by atoms with Gasteiger partial charge in [0.05, 0.1) is 0 Å². The maximum absolute atomic E-state index is 4.13. The van der Waals surface area contributed by atoms with Gasteiger partial charge in [-0.2, -0.15) is 0 Å². The SMILES string of the molecule is C=C1CC2CC1C(C)(C)C2.CC. The molecule has 0 spiro atoms. The molecule has 0 aliphatic heterocycles. The van der Waals surface area contributed by atoms with Gasteiger partial charge in [0.25, 0.3) is 0 Å². The van der Waals surface area contributed by atoms with Gasteiger partial charge in [0.1, 0.15) is 0 Å². The van der Waals surface area contributed by atoms with Crippen LogP contribution in [0.4, 0.5) is 0 Å². The van der Waals surface area contributed by atoms with E-state index in [4.69, 9.17) is 0 Å². The summed E-state index contributed by atoms with van der Waals surface area (Å²) in [5.41, 5.74) is 2.11. The molecular formula is C12H22. The topological polar surface area (TPSA) is 0 Å². The number of hydrogen-bond acceptors (Lipinski definition) is 0. The lowest BCUT2D eigenvalue weighted by molar-refractivity contribution is 0.267. The Balaban J connectivity index is 0.000000336. The summed E-state index contributed by atoms with van der Waals surface area (Å²) < 4.78 is 0. The molecule has 2 unspecified atom stereocenters. The Kier molecular flexibility index (Phi) is 2.65. The van der Waals surface area contributed by atoms with E-state index < -0.39 is 0 Å². The standard InChI is InChI=1S/C10H16.C2H6/c1-7-4-8-5-9(7)10(2,3)6-8;1-2/h8-9H,1,4-6H2,2-3H3;1-2H3. The highest BCUT2D eigenvalue weighted by molar-refractivity contribution is 5.17. The van der Waals surface area contributed by atoms with Crippen LogP contribution in [0.1, 0.15) is 47.0 Å². The van der Waals surface area contributed by atoms with Gasteiger partial charge in [-0.25, -0.2) is 0 Å². The summed E-state index contributed by atoms with van der Waals surface area (Å²) in [5, 5.41) is 0. The Morgan fingerprint density at radius 3 is 2.17 bits per heavy atom. The molecule has 0 radical (unpaired) electrons. The highest BCUT2D eigenvalue weighted by Crippen LogP contribution is 2.57. The van der Waals surface area contributed by atoms with Crippen LogP contribution in [-0.4, -0.2) is 0 Å². The van der Waals surface area contributed by atoms with Gasteiger partial charge in [-0.3, -0.25) is 0 Å². The molecule has 0 heteroatoms. The third-order valence-electron chi connectivity index (χ3n) is 3.37. The van der Waals surface area contributed by atoms with Crippen LogP contribution in [0.2, 0.25) is 0 Å². The molecule has 0 aromatic heterocycles. The first-order chi connectivity index (χ1) is 5.59. The van der Waals surface area contributed by atoms with Crippen molar-refractivity contribution in [1.29, 1.82) is 0 Å². The zero-order valence-electron chi connectivity index (χ0n) is 8.98. The monoisotopic (exact) mass is 166 g/mol. The third kappa shape index (κ3) is 1.44. The molecule has 0 saturated heterocycles. The van der Waals surface area contributed by atoms with E-state index in [-0.39, 0.29) is 0 Å². The molecule has 2 atom stereocenters. The first kappa shape index (κ1) is 9.83. The van der Waals surface area contributed by atoms with Crippen molar-refractivity contribution in [2.24, 2.45) is 17.3 Å².